The number of amides is 1. The van der Waals surface area contributed by atoms with Crippen molar-refractivity contribution in [2.45, 2.75) is 42.9 Å². The smallest absolute Gasteiger partial charge is 0.224 e. The monoisotopic (exact) mass is 389 g/mol. The first-order valence-electron chi connectivity index (χ1n) is 9.17. The van der Waals surface area contributed by atoms with E-state index >= 15 is 0 Å². The summed E-state index contributed by atoms with van der Waals surface area (Å²) < 4.78 is 36.0. The number of sulfone groups is 1. The Kier molecular flexibility index (Phi) is 5.95. The van der Waals surface area contributed by atoms with E-state index in [1.807, 2.05) is 12.1 Å². The lowest BCUT2D eigenvalue weighted by Gasteiger charge is -2.28. The van der Waals surface area contributed by atoms with E-state index in [-0.39, 0.29) is 11.7 Å². The molecule has 0 spiro atoms. The first-order valence-corrected chi connectivity index (χ1v) is 11.1. The van der Waals surface area contributed by atoms with E-state index in [0.29, 0.717) is 28.8 Å². The number of hydrogen-bond donors (Lipinski definition) is 1. The van der Waals surface area contributed by atoms with Gasteiger partial charge in [0.25, 0.3) is 0 Å². The van der Waals surface area contributed by atoms with E-state index in [1.54, 1.807) is 24.3 Å². The third kappa shape index (κ3) is 5.39. The fourth-order valence-corrected chi connectivity index (χ4v) is 4.32. The van der Waals surface area contributed by atoms with Crippen molar-refractivity contribution < 1.29 is 17.6 Å². The molecule has 4 nitrogen and oxygen atoms in total. The van der Waals surface area contributed by atoms with Gasteiger partial charge in [-0.05, 0) is 79.5 Å². The summed E-state index contributed by atoms with van der Waals surface area (Å²) in [6.45, 7) is 0. The molecule has 2 aromatic rings. The molecule has 0 aromatic heterocycles. The molecule has 1 N–H and O–H groups in total. The molecule has 0 aliphatic heterocycles. The Balaban J connectivity index is 1.50. The fourth-order valence-electron chi connectivity index (χ4n) is 3.69. The van der Waals surface area contributed by atoms with Gasteiger partial charge in [0.2, 0.25) is 5.91 Å². The molecular weight excluding hydrogens is 365 g/mol. The maximum Gasteiger partial charge on any atom is 0.224 e. The van der Waals surface area contributed by atoms with Crippen molar-refractivity contribution in [1.29, 1.82) is 0 Å². The minimum absolute atomic E-state index is 0.0393. The van der Waals surface area contributed by atoms with Crippen LogP contribution in [-0.4, -0.2) is 20.6 Å². The highest BCUT2D eigenvalue weighted by Gasteiger charge is 2.24. The number of halogens is 1. The standard InChI is InChI=1S/C21H24FNO3S/c1-27(25,26)20-12-6-17(7-13-20)16-4-2-15(3-5-16)14-21(24)23-19-10-8-18(22)9-11-19/h6-13,15-16H,2-5,14H2,1H3,(H,23,24). The Hall–Kier alpha value is -2.21. The van der Waals surface area contributed by atoms with Gasteiger partial charge in [-0.2, -0.15) is 0 Å². The van der Waals surface area contributed by atoms with Crippen molar-refractivity contribution in [2.75, 3.05) is 11.6 Å². The maximum absolute atomic E-state index is 12.9. The van der Waals surface area contributed by atoms with Gasteiger partial charge in [-0.25, -0.2) is 12.8 Å². The van der Waals surface area contributed by atoms with Gasteiger partial charge in [-0.3, -0.25) is 4.79 Å². The van der Waals surface area contributed by atoms with Crippen molar-refractivity contribution in [3.63, 3.8) is 0 Å². The lowest BCUT2D eigenvalue weighted by atomic mass is 9.77. The van der Waals surface area contributed by atoms with Crippen LogP contribution in [0.3, 0.4) is 0 Å². The summed E-state index contributed by atoms with van der Waals surface area (Å²) in [6.07, 6.45) is 5.60. The van der Waals surface area contributed by atoms with Crippen molar-refractivity contribution in [3.8, 4) is 0 Å². The molecule has 0 radical (unpaired) electrons. The highest BCUT2D eigenvalue weighted by atomic mass is 32.2. The Bertz CT molecular complexity index is 884. The van der Waals surface area contributed by atoms with Gasteiger partial charge < -0.3 is 5.32 Å². The molecule has 0 unspecified atom stereocenters. The zero-order valence-electron chi connectivity index (χ0n) is 15.3. The van der Waals surface area contributed by atoms with E-state index < -0.39 is 9.84 Å². The third-order valence-corrected chi connectivity index (χ3v) is 6.36. The topological polar surface area (TPSA) is 63.2 Å². The predicted octanol–water partition coefficient (Wildman–Crippen LogP) is 4.53. The average molecular weight is 389 g/mol. The molecule has 0 atom stereocenters. The highest BCUT2D eigenvalue weighted by molar-refractivity contribution is 7.90. The van der Waals surface area contributed by atoms with Gasteiger partial charge in [-0.15, -0.1) is 0 Å². The number of rotatable bonds is 5. The van der Waals surface area contributed by atoms with Crippen LogP contribution in [0.1, 0.15) is 43.6 Å². The fraction of sp³-hybridized carbons (Fsp3) is 0.381. The van der Waals surface area contributed by atoms with Gasteiger partial charge in [0.1, 0.15) is 5.82 Å². The van der Waals surface area contributed by atoms with Crippen LogP contribution in [0, 0.1) is 11.7 Å². The van der Waals surface area contributed by atoms with Gasteiger partial charge >= 0.3 is 0 Å². The quantitative estimate of drug-likeness (QED) is 0.817. The second kappa shape index (κ2) is 8.21. The summed E-state index contributed by atoms with van der Waals surface area (Å²) in [5.41, 5.74) is 1.78. The van der Waals surface area contributed by atoms with Crippen LogP contribution < -0.4 is 5.32 Å². The summed E-state index contributed by atoms with van der Waals surface area (Å²) >= 11 is 0. The Morgan fingerprint density at radius 1 is 1.00 bits per heavy atom. The van der Waals surface area contributed by atoms with Crippen LogP contribution in [-0.2, 0) is 14.6 Å². The minimum atomic E-state index is -3.17. The van der Waals surface area contributed by atoms with Crippen molar-refractivity contribution >= 4 is 21.4 Å². The summed E-state index contributed by atoms with van der Waals surface area (Å²) in [4.78, 5) is 12.5. The lowest BCUT2D eigenvalue weighted by molar-refractivity contribution is -0.117. The zero-order chi connectivity index (χ0) is 19.4. The number of carbonyl (C=O) groups excluding carboxylic acids is 1. The molecule has 0 saturated heterocycles. The van der Waals surface area contributed by atoms with E-state index in [2.05, 4.69) is 5.32 Å². The number of anilines is 1. The number of carbonyl (C=O) groups is 1. The molecular formula is C21H24FNO3S. The molecule has 1 saturated carbocycles. The molecule has 1 aliphatic rings. The van der Waals surface area contributed by atoms with Gasteiger partial charge in [0.05, 0.1) is 4.90 Å². The summed E-state index contributed by atoms with van der Waals surface area (Å²) in [5, 5.41) is 2.82. The number of hydrogen-bond acceptors (Lipinski definition) is 3. The molecule has 1 aliphatic carbocycles. The normalized spacial score (nSPS) is 20.2. The van der Waals surface area contributed by atoms with E-state index in [1.165, 1.54) is 18.4 Å². The van der Waals surface area contributed by atoms with Crippen LogP contribution in [0.5, 0.6) is 0 Å². The maximum atomic E-state index is 12.9. The summed E-state index contributed by atoms with van der Waals surface area (Å²) in [5.74, 6) is 0.394. The first kappa shape index (κ1) is 19.5. The van der Waals surface area contributed by atoms with Crippen LogP contribution in [0.2, 0.25) is 0 Å². The van der Waals surface area contributed by atoms with Crippen molar-refractivity contribution in [1.82, 2.24) is 0 Å². The van der Waals surface area contributed by atoms with E-state index in [9.17, 15) is 17.6 Å². The second-order valence-corrected chi connectivity index (χ2v) is 9.33. The molecule has 144 valence electrons. The molecule has 2 aromatic carbocycles. The molecule has 1 fully saturated rings. The first-order chi connectivity index (χ1) is 12.8. The largest absolute Gasteiger partial charge is 0.326 e. The molecule has 3 rings (SSSR count). The molecule has 1 amide bonds. The molecule has 6 heteroatoms. The Labute approximate surface area is 159 Å². The average Bonchev–Trinajstić information content (AvgIpc) is 2.64. The van der Waals surface area contributed by atoms with E-state index in [0.717, 1.165) is 31.2 Å². The SMILES string of the molecule is CS(=O)(=O)c1ccc(C2CCC(CC(=O)Nc3ccc(F)cc3)CC2)cc1. The molecule has 27 heavy (non-hydrogen) atoms. The van der Waals surface area contributed by atoms with Crippen LogP contribution in [0.25, 0.3) is 0 Å². The summed E-state index contributed by atoms with van der Waals surface area (Å²) in [6, 6.07) is 12.9. The van der Waals surface area contributed by atoms with Gasteiger partial charge in [0.15, 0.2) is 9.84 Å². The third-order valence-electron chi connectivity index (χ3n) is 5.23. The minimum Gasteiger partial charge on any atom is -0.326 e. The van der Waals surface area contributed by atoms with Crippen molar-refractivity contribution in [2.24, 2.45) is 5.92 Å². The lowest BCUT2D eigenvalue weighted by Crippen LogP contribution is -2.20. The van der Waals surface area contributed by atoms with Crippen LogP contribution in [0.15, 0.2) is 53.4 Å². The summed E-state index contributed by atoms with van der Waals surface area (Å²) in [7, 11) is -3.17. The predicted molar refractivity (Wildman–Crippen MR) is 104 cm³/mol. The number of nitrogens with one attached hydrogen (secondary N) is 1. The van der Waals surface area contributed by atoms with Crippen LogP contribution in [0.4, 0.5) is 10.1 Å². The van der Waals surface area contributed by atoms with Crippen molar-refractivity contribution in [3.05, 3.63) is 59.9 Å². The van der Waals surface area contributed by atoms with E-state index in [4.69, 9.17) is 0 Å². The Morgan fingerprint density at radius 3 is 2.15 bits per heavy atom. The number of benzene rings is 2. The van der Waals surface area contributed by atoms with Gasteiger partial charge in [0, 0.05) is 18.4 Å². The molecule has 0 heterocycles. The Morgan fingerprint density at radius 2 is 1.59 bits per heavy atom. The highest BCUT2D eigenvalue weighted by Crippen LogP contribution is 2.37. The molecule has 0 bridgehead atoms. The van der Waals surface area contributed by atoms with Crippen LogP contribution >= 0.6 is 0 Å². The van der Waals surface area contributed by atoms with Gasteiger partial charge in [-0.1, -0.05) is 12.1 Å². The second-order valence-electron chi connectivity index (χ2n) is 7.32. The zero-order valence-corrected chi connectivity index (χ0v) is 16.1.